The van der Waals surface area contributed by atoms with Gasteiger partial charge in [0.15, 0.2) is 0 Å². The number of methoxy groups -OCH3 is 2. The number of amides is 1. The second kappa shape index (κ2) is 8.63. The summed E-state index contributed by atoms with van der Waals surface area (Å²) >= 11 is 1.50. The standard InChI is InChI=1S/C22H28N2O4S/c1-27-19-10-14(11-20(12-19)28-2)7-16-5-6-29-21(16)24(22(25)26)13-15-8-17-3-4-18(9-15)23-17/h5-6,10-12,15,17-18,23H,3-4,7-9,13H2,1-2H3,(H,25,26). The smallest absolute Gasteiger partial charge is 0.412 e. The van der Waals surface area contributed by atoms with Crippen LogP contribution in [0, 0.1) is 5.92 Å². The molecule has 6 nitrogen and oxygen atoms in total. The average molecular weight is 417 g/mol. The van der Waals surface area contributed by atoms with E-state index in [0.29, 0.717) is 31.0 Å². The van der Waals surface area contributed by atoms with Crippen molar-refractivity contribution in [3.05, 3.63) is 40.8 Å². The van der Waals surface area contributed by atoms with E-state index in [9.17, 15) is 9.90 Å². The van der Waals surface area contributed by atoms with Crippen molar-refractivity contribution in [2.75, 3.05) is 25.7 Å². The molecule has 1 aromatic carbocycles. The molecule has 4 rings (SSSR count). The zero-order valence-corrected chi connectivity index (χ0v) is 17.7. The summed E-state index contributed by atoms with van der Waals surface area (Å²) in [5, 5.41) is 16.4. The van der Waals surface area contributed by atoms with Crippen LogP contribution in [0.5, 0.6) is 11.5 Å². The molecular formula is C22H28N2O4S. The molecule has 3 heterocycles. The number of anilines is 1. The summed E-state index contributed by atoms with van der Waals surface area (Å²) in [5.41, 5.74) is 2.05. The number of hydrogen-bond donors (Lipinski definition) is 2. The summed E-state index contributed by atoms with van der Waals surface area (Å²) in [6.45, 7) is 0.568. The number of carboxylic acid groups (broad SMARTS) is 1. The highest BCUT2D eigenvalue weighted by atomic mass is 32.1. The fraction of sp³-hybridized carbons (Fsp3) is 0.500. The van der Waals surface area contributed by atoms with E-state index in [1.165, 1.54) is 24.2 Å². The minimum atomic E-state index is -0.872. The molecule has 2 fully saturated rings. The molecular weight excluding hydrogens is 388 g/mol. The second-order valence-electron chi connectivity index (χ2n) is 8.02. The Morgan fingerprint density at radius 2 is 1.83 bits per heavy atom. The first-order valence-electron chi connectivity index (χ1n) is 10.1. The van der Waals surface area contributed by atoms with Crippen LogP contribution in [0.3, 0.4) is 0 Å². The van der Waals surface area contributed by atoms with E-state index in [0.717, 1.165) is 40.5 Å². The van der Waals surface area contributed by atoms with Gasteiger partial charge in [-0.1, -0.05) is 0 Å². The summed E-state index contributed by atoms with van der Waals surface area (Å²) in [6, 6.07) is 8.92. The summed E-state index contributed by atoms with van der Waals surface area (Å²) in [4.78, 5) is 13.7. The summed E-state index contributed by atoms with van der Waals surface area (Å²) in [6.07, 6.45) is 4.32. The first kappa shape index (κ1) is 20.0. The lowest BCUT2D eigenvalue weighted by atomic mass is 9.92. The van der Waals surface area contributed by atoms with Gasteiger partial charge in [0.1, 0.15) is 16.5 Å². The number of benzene rings is 1. The van der Waals surface area contributed by atoms with Crippen molar-refractivity contribution in [1.82, 2.24) is 5.32 Å². The number of ether oxygens (including phenoxy) is 2. The van der Waals surface area contributed by atoms with E-state index in [1.54, 1.807) is 19.1 Å². The Balaban J connectivity index is 1.54. The first-order chi connectivity index (χ1) is 14.1. The van der Waals surface area contributed by atoms with E-state index < -0.39 is 6.09 Å². The number of thiophene rings is 1. The molecule has 0 radical (unpaired) electrons. The van der Waals surface area contributed by atoms with Crippen LogP contribution in [-0.4, -0.2) is 44.0 Å². The Morgan fingerprint density at radius 3 is 2.41 bits per heavy atom. The zero-order chi connectivity index (χ0) is 20.4. The van der Waals surface area contributed by atoms with Gasteiger partial charge in [-0.2, -0.15) is 0 Å². The third kappa shape index (κ3) is 4.51. The molecule has 2 unspecified atom stereocenters. The predicted octanol–water partition coefficient (Wildman–Crippen LogP) is 4.37. The molecule has 1 aromatic heterocycles. The molecule has 2 N–H and O–H groups in total. The highest BCUT2D eigenvalue weighted by Gasteiger charge is 2.35. The van der Waals surface area contributed by atoms with Gasteiger partial charge in [0.25, 0.3) is 0 Å². The summed E-state index contributed by atoms with van der Waals surface area (Å²) in [7, 11) is 3.26. The Bertz CT molecular complexity index is 834. The molecule has 2 bridgehead atoms. The maximum Gasteiger partial charge on any atom is 0.412 e. The van der Waals surface area contributed by atoms with Crippen LogP contribution < -0.4 is 19.7 Å². The van der Waals surface area contributed by atoms with Crippen LogP contribution >= 0.6 is 11.3 Å². The highest BCUT2D eigenvalue weighted by Crippen LogP contribution is 2.36. The van der Waals surface area contributed by atoms with Crippen molar-refractivity contribution in [2.24, 2.45) is 5.92 Å². The zero-order valence-electron chi connectivity index (χ0n) is 16.9. The summed E-state index contributed by atoms with van der Waals surface area (Å²) in [5.74, 6) is 1.88. The molecule has 29 heavy (non-hydrogen) atoms. The van der Waals surface area contributed by atoms with Gasteiger partial charge >= 0.3 is 6.09 Å². The molecule has 2 aliphatic heterocycles. The van der Waals surface area contributed by atoms with E-state index in [1.807, 2.05) is 29.6 Å². The SMILES string of the molecule is COc1cc(Cc2ccsc2N(CC2CC3CCC(C2)N3)C(=O)O)cc(OC)c1. The van der Waals surface area contributed by atoms with Crippen LogP contribution in [0.2, 0.25) is 0 Å². The molecule has 2 atom stereocenters. The Morgan fingerprint density at radius 1 is 1.17 bits per heavy atom. The second-order valence-corrected chi connectivity index (χ2v) is 8.91. The minimum absolute atomic E-state index is 0.414. The maximum absolute atomic E-state index is 12.1. The lowest BCUT2D eigenvalue weighted by molar-refractivity contribution is 0.198. The van der Waals surface area contributed by atoms with Crippen molar-refractivity contribution < 1.29 is 19.4 Å². The van der Waals surface area contributed by atoms with Gasteiger partial charge in [0, 0.05) is 31.1 Å². The molecule has 0 saturated carbocycles. The van der Waals surface area contributed by atoms with Crippen molar-refractivity contribution in [3.8, 4) is 11.5 Å². The van der Waals surface area contributed by atoms with E-state index in [2.05, 4.69) is 5.32 Å². The normalized spacial score (nSPS) is 23.0. The topological polar surface area (TPSA) is 71.0 Å². The molecule has 2 aliphatic rings. The van der Waals surface area contributed by atoms with Gasteiger partial charge in [0.2, 0.25) is 0 Å². The predicted molar refractivity (Wildman–Crippen MR) is 115 cm³/mol. The summed E-state index contributed by atoms with van der Waals surface area (Å²) < 4.78 is 10.7. The fourth-order valence-electron chi connectivity index (χ4n) is 4.72. The van der Waals surface area contributed by atoms with Crippen molar-refractivity contribution >= 4 is 22.4 Å². The molecule has 0 spiro atoms. The Labute approximate surface area is 175 Å². The number of carbonyl (C=O) groups is 1. The monoisotopic (exact) mass is 416 g/mol. The van der Waals surface area contributed by atoms with Crippen LogP contribution in [0.4, 0.5) is 9.80 Å². The van der Waals surface area contributed by atoms with Crippen LogP contribution in [0.25, 0.3) is 0 Å². The van der Waals surface area contributed by atoms with Gasteiger partial charge in [-0.05, 0) is 66.3 Å². The van der Waals surface area contributed by atoms with Gasteiger partial charge in [-0.3, -0.25) is 4.90 Å². The first-order valence-corrected chi connectivity index (χ1v) is 11.0. The quantitative estimate of drug-likeness (QED) is 0.701. The fourth-order valence-corrected chi connectivity index (χ4v) is 5.65. The maximum atomic E-state index is 12.1. The number of nitrogens with zero attached hydrogens (tertiary/aromatic N) is 1. The van der Waals surface area contributed by atoms with Crippen molar-refractivity contribution in [3.63, 3.8) is 0 Å². The van der Waals surface area contributed by atoms with E-state index >= 15 is 0 Å². The lowest BCUT2D eigenvalue weighted by Gasteiger charge is -2.32. The number of hydrogen-bond acceptors (Lipinski definition) is 5. The largest absolute Gasteiger partial charge is 0.497 e. The van der Waals surface area contributed by atoms with Crippen LogP contribution in [-0.2, 0) is 6.42 Å². The highest BCUT2D eigenvalue weighted by molar-refractivity contribution is 7.14. The third-order valence-corrected chi connectivity index (χ3v) is 6.99. The van der Waals surface area contributed by atoms with Crippen LogP contribution in [0.1, 0.15) is 36.8 Å². The van der Waals surface area contributed by atoms with E-state index in [-0.39, 0.29) is 0 Å². The number of piperidine rings is 1. The van der Waals surface area contributed by atoms with Gasteiger partial charge in [-0.15, -0.1) is 11.3 Å². The number of rotatable bonds is 7. The minimum Gasteiger partial charge on any atom is -0.497 e. The van der Waals surface area contributed by atoms with Crippen LogP contribution in [0.15, 0.2) is 29.6 Å². The van der Waals surface area contributed by atoms with Gasteiger partial charge in [-0.25, -0.2) is 4.79 Å². The molecule has 1 amide bonds. The Kier molecular flexibility index (Phi) is 5.96. The third-order valence-electron chi connectivity index (χ3n) is 6.02. The molecule has 156 valence electrons. The molecule has 0 aliphatic carbocycles. The molecule has 2 saturated heterocycles. The molecule has 2 aromatic rings. The Hall–Kier alpha value is -2.25. The average Bonchev–Trinajstić information content (AvgIpc) is 3.31. The van der Waals surface area contributed by atoms with Crippen molar-refractivity contribution in [1.29, 1.82) is 0 Å². The number of fused-ring (bicyclic) bond motifs is 2. The number of nitrogens with one attached hydrogen (secondary N) is 1. The molecule has 7 heteroatoms. The van der Waals surface area contributed by atoms with Gasteiger partial charge in [0.05, 0.1) is 14.2 Å². The van der Waals surface area contributed by atoms with Gasteiger partial charge < -0.3 is 19.9 Å². The lowest BCUT2D eigenvalue weighted by Crippen LogP contribution is -2.43. The van der Waals surface area contributed by atoms with Crippen molar-refractivity contribution in [2.45, 2.75) is 44.2 Å². The van der Waals surface area contributed by atoms with E-state index in [4.69, 9.17) is 9.47 Å².